The van der Waals surface area contributed by atoms with Crippen LogP contribution in [0.15, 0.2) is 34.8 Å². The maximum Gasteiger partial charge on any atom is 0.243 e. The molecule has 1 aromatic carbocycles. The monoisotopic (exact) mass is 429 g/mol. The number of H-pyrrole nitrogens is 1. The zero-order valence-electron chi connectivity index (χ0n) is 16.5. The lowest BCUT2D eigenvalue weighted by Gasteiger charge is -2.13. The number of aromatic nitrogens is 3. The second kappa shape index (κ2) is 9.71. The molecular weight excluding hydrogens is 406 g/mol. The van der Waals surface area contributed by atoms with Crippen LogP contribution in [-0.4, -0.2) is 39.3 Å². The van der Waals surface area contributed by atoms with Gasteiger partial charge in [0.2, 0.25) is 17.0 Å². The van der Waals surface area contributed by atoms with E-state index in [1.165, 1.54) is 16.6 Å². The highest BCUT2D eigenvalue weighted by molar-refractivity contribution is 7.99. The Morgan fingerprint density at radius 2 is 1.93 bits per heavy atom. The Balaban J connectivity index is 1.42. The Morgan fingerprint density at radius 3 is 2.62 bits per heavy atom. The molecule has 9 heteroatoms. The molecule has 0 aliphatic carbocycles. The van der Waals surface area contributed by atoms with Crippen molar-refractivity contribution in [2.24, 2.45) is 0 Å². The van der Waals surface area contributed by atoms with Crippen LogP contribution in [-0.2, 0) is 16.0 Å². The summed E-state index contributed by atoms with van der Waals surface area (Å²) in [6.07, 6.45) is 0.690. The second-order valence-electron chi connectivity index (χ2n) is 6.71. The molecule has 7 nitrogen and oxygen atoms in total. The summed E-state index contributed by atoms with van der Waals surface area (Å²) in [5, 5.41) is 15.0. The van der Waals surface area contributed by atoms with Crippen LogP contribution >= 0.6 is 23.1 Å². The zero-order chi connectivity index (χ0) is 20.8. The van der Waals surface area contributed by atoms with Gasteiger partial charge in [-0.05, 0) is 43.3 Å². The van der Waals surface area contributed by atoms with Crippen molar-refractivity contribution in [3.63, 3.8) is 0 Å². The number of carbonyl (C=O) groups excluding carboxylic acids is 2. The highest BCUT2D eigenvalue weighted by Crippen LogP contribution is 2.21. The standard InChI is InChI=1S/C20H23N5O2S2/c1-12-7-13(2)19(14(3)8-12)23-17(26)10-21-18(27)11-29-20-22-16(24-25-20)9-15-5-4-6-28-15/h4-8H,9-11H2,1-3H3,(H,21,27)(H,23,26)(H,22,24,25). The van der Waals surface area contributed by atoms with Gasteiger partial charge < -0.3 is 10.6 Å². The summed E-state index contributed by atoms with van der Waals surface area (Å²) in [6.45, 7) is 5.84. The molecule has 0 unspecified atom stereocenters. The van der Waals surface area contributed by atoms with E-state index in [1.807, 2.05) is 50.4 Å². The summed E-state index contributed by atoms with van der Waals surface area (Å²) in [6, 6.07) is 8.06. The average molecular weight is 430 g/mol. The molecule has 0 bridgehead atoms. The second-order valence-corrected chi connectivity index (χ2v) is 8.68. The summed E-state index contributed by atoms with van der Waals surface area (Å²) >= 11 is 2.89. The molecule has 3 rings (SSSR count). The summed E-state index contributed by atoms with van der Waals surface area (Å²) in [5.74, 6) is 0.409. The van der Waals surface area contributed by atoms with Crippen molar-refractivity contribution in [1.29, 1.82) is 0 Å². The highest BCUT2D eigenvalue weighted by atomic mass is 32.2. The van der Waals surface area contributed by atoms with E-state index in [4.69, 9.17) is 0 Å². The quantitative estimate of drug-likeness (QED) is 0.478. The van der Waals surface area contributed by atoms with E-state index < -0.39 is 0 Å². The third-order valence-corrected chi connectivity index (χ3v) is 5.88. The molecule has 0 aliphatic heterocycles. The predicted molar refractivity (Wildman–Crippen MR) is 117 cm³/mol. The number of aromatic amines is 1. The fourth-order valence-electron chi connectivity index (χ4n) is 2.92. The lowest BCUT2D eigenvalue weighted by atomic mass is 10.1. The number of hydrogen-bond donors (Lipinski definition) is 3. The highest BCUT2D eigenvalue weighted by Gasteiger charge is 2.12. The molecule has 0 radical (unpaired) electrons. The van der Waals surface area contributed by atoms with Gasteiger partial charge in [0, 0.05) is 17.0 Å². The van der Waals surface area contributed by atoms with E-state index in [2.05, 4.69) is 25.8 Å². The molecule has 0 atom stereocenters. The van der Waals surface area contributed by atoms with Crippen molar-refractivity contribution in [1.82, 2.24) is 20.5 Å². The molecule has 0 aliphatic rings. The number of rotatable bonds is 8. The van der Waals surface area contributed by atoms with Crippen LogP contribution in [0.25, 0.3) is 0 Å². The first-order valence-corrected chi connectivity index (χ1v) is 11.0. The maximum atomic E-state index is 12.2. The molecule has 3 aromatic rings. The van der Waals surface area contributed by atoms with Gasteiger partial charge in [-0.3, -0.25) is 14.7 Å². The lowest BCUT2D eigenvalue weighted by Crippen LogP contribution is -2.34. The SMILES string of the molecule is Cc1cc(C)c(NC(=O)CNC(=O)CSc2n[nH]c(Cc3cccs3)n2)c(C)c1. The van der Waals surface area contributed by atoms with E-state index >= 15 is 0 Å². The Bertz CT molecular complexity index is 975. The van der Waals surface area contributed by atoms with Crippen LogP contribution in [0.3, 0.4) is 0 Å². The average Bonchev–Trinajstić information content (AvgIpc) is 3.33. The van der Waals surface area contributed by atoms with E-state index in [1.54, 1.807) is 11.3 Å². The number of nitrogens with one attached hydrogen (secondary N) is 3. The van der Waals surface area contributed by atoms with Crippen LogP contribution in [0.4, 0.5) is 5.69 Å². The fourth-order valence-corrected chi connectivity index (χ4v) is 4.28. The van der Waals surface area contributed by atoms with E-state index in [0.29, 0.717) is 11.6 Å². The van der Waals surface area contributed by atoms with E-state index in [0.717, 1.165) is 28.2 Å². The van der Waals surface area contributed by atoms with Crippen molar-refractivity contribution >= 4 is 40.6 Å². The number of thioether (sulfide) groups is 1. The van der Waals surface area contributed by atoms with Crippen molar-refractivity contribution in [3.8, 4) is 0 Å². The number of amides is 2. The molecule has 2 amide bonds. The third kappa shape index (κ3) is 6.16. The largest absolute Gasteiger partial charge is 0.346 e. The molecular formula is C20H23N5O2S2. The molecule has 2 aromatic heterocycles. The number of thiophene rings is 1. The fraction of sp³-hybridized carbons (Fsp3) is 0.300. The summed E-state index contributed by atoms with van der Waals surface area (Å²) in [7, 11) is 0. The van der Waals surface area contributed by atoms with E-state index in [9.17, 15) is 9.59 Å². The van der Waals surface area contributed by atoms with E-state index in [-0.39, 0.29) is 24.1 Å². The number of aryl methyl sites for hydroxylation is 3. The number of nitrogens with zero attached hydrogens (tertiary/aromatic N) is 2. The van der Waals surface area contributed by atoms with Crippen LogP contribution in [0.1, 0.15) is 27.4 Å². The minimum Gasteiger partial charge on any atom is -0.346 e. The molecule has 0 spiro atoms. The Hall–Kier alpha value is -2.65. The van der Waals surface area contributed by atoms with Crippen molar-refractivity contribution in [3.05, 3.63) is 57.0 Å². The van der Waals surface area contributed by atoms with Gasteiger partial charge in [0.1, 0.15) is 5.82 Å². The number of anilines is 1. The minimum absolute atomic E-state index is 0.0796. The lowest BCUT2D eigenvalue weighted by molar-refractivity contribution is -0.122. The van der Waals surface area contributed by atoms with Gasteiger partial charge >= 0.3 is 0 Å². The molecule has 152 valence electrons. The maximum absolute atomic E-state index is 12.2. The number of hydrogen-bond acceptors (Lipinski definition) is 6. The number of carbonyl (C=O) groups is 2. The Labute approximate surface area is 177 Å². The third-order valence-electron chi connectivity index (χ3n) is 4.15. The van der Waals surface area contributed by atoms with Crippen molar-refractivity contribution in [2.45, 2.75) is 32.3 Å². The van der Waals surface area contributed by atoms with Gasteiger partial charge in [-0.25, -0.2) is 4.98 Å². The molecule has 3 N–H and O–H groups in total. The van der Waals surface area contributed by atoms with Crippen molar-refractivity contribution in [2.75, 3.05) is 17.6 Å². The topological polar surface area (TPSA) is 99.8 Å². The first-order chi connectivity index (χ1) is 13.9. The first kappa shape index (κ1) is 21.1. The predicted octanol–water partition coefficient (Wildman–Crippen LogP) is 3.23. The van der Waals surface area contributed by atoms with Crippen LogP contribution < -0.4 is 10.6 Å². The van der Waals surface area contributed by atoms with Gasteiger partial charge in [0.15, 0.2) is 0 Å². The van der Waals surface area contributed by atoms with Crippen LogP contribution in [0.5, 0.6) is 0 Å². The van der Waals surface area contributed by atoms with Gasteiger partial charge in [-0.2, -0.15) is 0 Å². The number of benzene rings is 1. The molecule has 0 saturated carbocycles. The minimum atomic E-state index is -0.255. The molecule has 2 heterocycles. The molecule has 0 fully saturated rings. The van der Waals surface area contributed by atoms with Crippen molar-refractivity contribution < 1.29 is 9.59 Å². The summed E-state index contributed by atoms with van der Waals surface area (Å²) < 4.78 is 0. The van der Waals surface area contributed by atoms with Gasteiger partial charge in [0.05, 0.1) is 12.3 Å². The van der Waals surface area contributed by atoms with Gasteiger partial charge in [-0.1, -0.05) is 35.5 Å². The molecule has 0 saturated heterocycles. The van der Waals surface area contributed by atoms with Gasteiger partial charge in [-0.15, -0.1) is 16.4 Å². The normalized spacial score (nSPS) is 10.7. The smallest absolute Gasteiger partial charge is 0.243 e. The summed E-state index contributed by atoms with van der Waals surface area (Å²) in [4.78, 5) is 29.8. The molecule has 29 heavy (non-hydrogen) atoms. The summed E-state index contributed by atoms with van der Waals surface area (Å²) in [5.41, 5.74) is 3.94. The first-order valence-electron chi connectivity index (χ1n) is 9.11. The zero-order valence-corrected chi connectivity index (χ0v) is 18.2. The van der Waals surface area contributed by atoms with Crippen LogP contribution in [0, 0.1) is 20.8 Å². The van der Waals surface area contributed by atoms with Crippen LogP contribution in [0.2, 0.25) is 0 Å². The Morgan fingerprint density at radius 1 is 1.17 bits per heavy atom. The van der Waals surface area contributed by atoms with Gasteiger partial charge in [0.25, 0.3) is 0 Å². The Kier molecular flexibility index (Phi) is 7.05.